The van der Waals surface area contributed by atoms with Crippen LogP contribution in [-0.4, -0.2) is 22.0 Å². The Balaban J connectivity index is 1.41. The highest BCUT2D eigenvalue weighted by Gasteiger charge is 2.66. The smallest absolute Gasteiger partial charge is 0.305 e. The summed E-state index contributed by atoms with van der Waals surface area (Å²) in [6.45, 7) is 0. The van der Waals surface area contributed by atoms with Gasteiger partial charge in [0.2, 0.25) is 11.8 Å². The van der Waals surface area contributed by atoms with Gasteiger partial charge in [-0.05, 0) is 48.6 Å². The molecule has 5 atom stereocenters. The lowest BCUT2D eigenvalue weighted by Crippen LogP contribution is -2.34. The number of carbonyl (C=O) groups excluding carboxylic acids is 2. The molecule has 3 heterocycles. The van der Waals surface area contributed by atoms with E-state index in [2.05, 4.69) is 11.1 Å². The Bertz CT molecular complexity index is 1100. The molecule has 8 heteroatoms. The molecule has 1 saturated heterocycles. The molecule has 4 aliphatic rings. The van der Waals surface area contributed by atoms with Gasteiger partial charge in [0.05, 0.1) is 27.4 Å². The molecule has 2 bridgehead atoms. The number of benzene rings is 1. The lowest BCUT2D eigenvalue weighted by atomic mass is 9.77. The van der Waals surface area contributed by atoms with E-state index < -0.39 is 5.82 Å². The van der Waals surface area contributed by atoms with Crippen LogP contribution in [0.4, 0.5) is 10.1 Å². The summed E-state index contributed by atoms with van der Waals surface area (Å²) >= 11 is 2.80. The molecule has 5 nitrogen and oxygen atoms in total. The molecule has 2 aromatic rings. The summed E-state index contributed by atoms with van der Waals surface area (Å²) in [6, 6.07) is 5.51. The number of hydrogen-bond donors (Lipinski definition) is 1. The number of thiazole rings is 1. The van der Waals surface area contributed by atoms with Crippen LogP contribution in [0.3, 0.4) is 0 Å². The van der Waals surface area contributed by atoms with Crippen molar-refractivity contribution in [1.82, 2.24) is 4.98 Å². The number of carbonyl (C=O) groups is 2. The molecule has 1 aromatic carbocycles. The summed E-state index contributed by atoms with van der Waals surface area (Å²) < 4.78 is 13.2. The number of aromatic amines is 1. The van der Waals surface area contributed by atoms with E-state index in [9.17, 15) is 18.8 Å². The number of amides is 2. The minimum atomic E-state index is -0.397. The van der Waals surface area contributed by atoms with Gasteiger partial charge in [0.15, 0.2) is 0 Å². The first-order valence-electron chi connectivity index (χ1n) is 8.77. The Morgan fingerprint density at radius 3 is 2.59 bits per heavy atom. The zero-order valence-corrected chi connectivity index (χ0v) is 15.5. The van der Waals surface area contributed by atoms with Gasteiger partial charge in [-0.3, -0.25) is 19.3 Å². The van der Waals surface area contributed by atoms with Gasteiger partial charge in [-0.25, -0.2) is 4.39 Å². The molecule has 2 saturated carbocycles. The standard InChI is InChI=1S/C19H13FN2O3S2/c20-7-1-3-8(4-2-7)22-17(23)13-9-5-11(14(13)18(22)24)15-10(9)6-12-16(27-15)21-19(25)26-12/h1-4,6,9,11,13-15H,5H2,(H,21,25)/t9-,11+,13+,14+,15-/m1/s1. The van der Waals surface area contributed by atoms with Gasteiger partial charge >= 0.3 is 4.87 Å². The zero-order valence-electron chi connectivity index (χ0n) is 13.8. The fraction of sp³-hybridized carbons (Fsp3) is 0.316. The number of aromatic nitrogens is 1. The van der Waals surface area contributed by atoms with Crippen molar-refractivity contribution >= 4 is 46.7 Å². The van der Waals surface area contributed by atoms with Crippen LogP contribution >= 0.6 is 23.1 Å². The number of fused-ring (bicyclic) bond motifs is 9. The van der Waals surface area contributed by atoms with Crippen LogP contribution in [0.2, 0.25) is 0 Å². The fourth-order valence-corrected chi connectivity index (χ4v) is 7.70. The van der Waals surface area contributed by atoms with E-state index in [0.717, 1.165) is 16.3 Å². The summed E-state index contributed by atoms with van der Waals surface area (Å²) in [4.78, 5) is 42.9. The van der Waals surface area contributed by atoms with Crippen LogP contribution in [0, 0.1) is 29.5 Å². The summed E-state index contributed by atoms with van der Waals surface area (Å²) in [5, 5.41) is 1.01. The summed E-state index contributed by atoms with van der Waals surface area (Å²) in [7, 11) is 0. The van der Waals surface area contributed by atoms with E-state index in [1.807, 2.05) is 0 Å². The highest BCUT2D eigenvalue weighted by atomic mass is 32.2. The molecule has 3 fully saturated rings. The Kier molecular flexibility index (Phi) is 3.05. The normalized spacial score (nSPS) is 33.1. The van der Waals surface area contributed by atoms with Crippen molar-refractivity contribution in [3.05, 3.63) is 50.2 Å². The molecule has 2 aliphatic heterocycles. The maximum absolute atomic E-state index is 13.2. The Morgan fingerprint density at radius 1 is 1.07 bits per heavy atom. The van der Waals surface area contributed by atoms with Crippen molar-refractivity contribution in [3.8, 4) is 0 Å². The average Bonchev–Trinajstić information content (AvgIpc) is 3.35. The quantitative estimate of drug-likeness (QED) is 0.748. The van der Waals surface area contributed by atoms with Crippen LogP contribution < -0.4 is 9.77 Å². The van der Waals surface area contributed by atoms with Crippen LogP contribution in [-0.2, 0) is 9.59 Å². The Morgan fingerprint density at radius 2 is 1.81 bits per heavy atom. The third-order valence-electron chi connectivity index (χ3n) is 6.23. The predicted octanol–water partition coefficient (Wildman–Crippen LogP) is 2.89. The van der Waals surface area contributed by atoms with Crippen LogP contribution in [0.1, 0.15) is 11.3 Å². The number of thioether (sulfide) groups is 1. The average molecular weight is 400 g/mol. The van der Waals surface area contributed by atoms with E-state index in [-0.39, 0.29) is 45.6 Å². The molecular formula is C19H13FN2O3S2. The molecular weight excluding hydrogens is 387 g/mol. The topological polar surface area (TPSA) is 70.2 Å². The van der Waals surface area contributed by atoms with Crippen molar-refractivity contribution < 1.29 is 14.0 Å². The number of H-pyrrole nitrogens is 1. The lowest BCUT2D eigenvalue weighted by Gasteiger charge is -2.32. The van der Waals surface area contributed by atoms with E-state index in [4.69, 9.17) is 0 Å². The summed E-state index contributed by atoms with van der Waals surface area (Å²) in [5.74, 6) is -1.28. The van der Waals surface area contributed by atoms with E-state index >= 15 is 0 Å². The van der Waals surface area contributed by atoms with E-state index in [1.54, 1.807) is 11.8 Å². The predicted molar refractivity (Wildman–Crippen MR) is 100 cm³/mol. The second-order valence-electron chi connectivity index (χ2n) is 7.44. The summed E-state index contributed by atoms with van der Waals surface area (Å²) in [6.07, 6.45) is 2.89. The number of rotatable bonds is 1. The summed E-state index contributed by atoms with van der Waals surface area (Å²) in [5.41, 5.74) is 1.63. The first-order valence-corrected chi connectivity index (χ1v) is 10.5. The molecule has 1 aromatic heterocycles. The van der Waals surface area contributed by atoms with Gasteiger partial charge < -0.3 is 4.98 Å². The molecule has 27 heavy (non-hydrogen) atoms. The molecule has 6 rings (SSSR count). The maximum Gasteiger partial charge on any atom is 0.305 e. The number of imide groups is 1. The second kappa shape index (κ2) is 5.20. The Hall–Kier alpha value is -2.19. The van der Waals surface area contributed by atoms with Crippen molar-refractivity contribution in [2.24, 2.45) is 23.7 Å². The van der Waals surface area contributed by atoms with Gasteiger partial charge in [0, 0.05) is 5.25 Å². The number of nitrogens with zero attached hydrogens (tertiary/aromatic N) is 1. The molecule has 0 unspecified atom stereocenters. The van der Waals surface area contributed by atoms with Gasteiger partial charge in [0.25, 0.3) is 0 Å². The molecule has 0 radical (unpaired) electrons. The largest absolute Gasteiger partial charge is 0.307 e. The molecule has 2 aliphatic carbocycles. The van der Waals surface area contributed by atoms with Crippen molar-refractivity contribution in [2.45, 2.75) is 16.7 Å². The van der Waals surface area contributed by atoms with E-state index in [0.29, 0.717) is 5.69 Å². The van der Waals surface area contributed by atoms with Crippen molar-refractivity contribution in [3.63, 3.8) is 0 Å². The number of nitrogens with one attached hydrogen (secondary N) is 1. The number of hydrogen-bond acceptors (Lipinski definition) is 5. The third-order valence-corrected chi connectivity index (χ3v) is 8.63. The maximum atomic E-state index is 13.2. The zero-order chi connectivity index (χ0) is 18.4. The number of halogens is 1. The van der Waals surface area contributed by atoms with Crippen LogP contribution in [0.5, 0.6) is 0 Å². The molecule has 2 amide bonds. The minimum Gasteiger partial charge on any atom is -0.307 e. The highest BCUT2D eigenvalue weighted by molar-refractivity contribution is 8.00. The SMILES string of the molecule is O=C1[C@@H]2[C@@H](C(=O)N1c1ccc(F)cc1)[C@@H]1C[C@@H]2C2=Cc3sc(=O)[nH]c3S[C@H]21. The highest BCUT2D eigenvalue weighted by Crippen LogP contribution is 2.64. The monoisotopic (exact) mass is 400 g/mol. The third kappa shape index (κ3) is 1.97. The Labute approximate surface area is 161 Å². The van der Waals surface area contributed by atoms with Crippen LogP contribution in [0.25, 0.3) is 6.08 Å². The van der Waals surface area contributed by atoms with E-state index in [1.165, 1.54) is 46.1 Å². The van der Waals surface area contributed by atoms with Gasteiger partial charge in [0.1, 0.15) is 5.82 Å². The fourth-order valence-electron chi connectivity index (χ4n) is 5.26. The number of anilines is 1. The first kappa shape index (κ1) is 15.8. The van der Waals surface area contributed by atoms with Gasteiger partial charge in [-0.15, -0.1) is 0 Å². The van der Waals surface area contributed by atoms with Crippen molar-refractivity contribution in [2.75, 3.05) is 4.90 Å². The van der Waals surface area contributed by atoms with Gasteiger partial charge in [-0.1, -0.05) is 28.7 Å². The molecule has 136 valence electrons. The minimum absolute atomic E-state index is 0.0461. The first-order chi connectivity index (χ1) is 13.0. The second-order valence-corrected chi connectivity index (χ2v) is 9.60. The lowest BCUT2D eigenvalue weighted by molar-refractivity contribution is -0.123. The molecule has 0 spiro atoms. The van der Waals surface area contributed by atoms with Crippen LogP contribution in [0.15, 0.2) is 39.7 Å². The van der Waals surface area contributed by atoms with Gasteiger partial charge in [-0.2, -0.15) is 0 Å². The van der Waals surface area contributed by atoms with Crippen molar-refractivity contribution in [1.29, 1.82) is 0 Å². The molecule has 1 N–H and O–H groups in total.